The van der Waals surface area contributed by atoms with Crippen LogP contribution in [0.5, 0.6) is 5.75 Å². The van der Waals surface area contributed by atoms with Crippen LogP contribution in [0, 0.1) is 0 Å². The number of thiazole rings is 1. The van der Waals surface area contributed by atoms with E-state index in [2.05, 4.69) is 11.9 Å². The van der Waals surface area contributed by atoms with Gasteiger partial charge in [-0.2, -0.15) is 0 Å². The molecular formula is C23H24N2O4S. The molecule has 30 heavy (non-hydrogen) atoms. The molecule has 0 radical (unpaired) electrons. The molecule has 6 nitrogen and oxygen atoms in total. The SMILES string of the molecule is CCOC(=O)c1ccc(OCc2csc(N(C(C)=O)c3ccc(CC)cc3)n2)cc1. The van der Waals surface area contributed by atoms with Crippen LogP contribution in [0.25, 0.3) is 0 Å². The molecule has 0 aliphatic heterocycles. The Bertz CT molecular complexity index is 997. The number of amides is 1. The highest BCUT2D eigenvalue weighted by atomic mass is 32.1. The van der Waals surface area contributed by atoms with Gasteiger partial charge < -0.3 is 9.47 Å². The Labute approximate surface area is 180 Å². The highest BCUT2D eigenvalue weighted by Gasteiger charge is 2.18. The highest BCUT2D eigenvalue weighted by molar-refractivity contribution is 7.14. The van der Waals surface area contributed by atoms with E-state index in [9.17, 15) is 9.59 Å². The minimum Gasteiger partial charge on any atom is -0.487 e. The predicted octanol–water partition coefficient (Wildman–Crippen LogP) is 5.15. The summed E-state index contributed by atoms with van der Waals surface area (Å²) < 4.78 is 10.7. The smallest absolute Gasteiger partial charge is 0.338 e. The fourth-order valence-corrected chi connectivity index (χ4v) is 3.70. The van der Waals surface area contributed by atoms with Gasteiger partial charge in [0.15, 0.2) is 5.13 Å². The molecule has 0 fully saturated rings. The van der Waals surface area contributed by atoms with Crippen molar-refractivity contribution in [3.63, 3.8) is 0 Å². The summed E-state index contributed by atoms with van der Waals surface area (Å²) in [7, 11) is 0. The summed E-state index contributed by atoms with van der Waals surface area (Å²) in [5.74, 6) is 0.163. The third kappa shape index (κ3) is 5.24. The largest absolute Gasteiger partial charge is 0.487 e. The average Bonchev–Trinajstić information content (AvgIpc) is 3.21. The first-order valence-electron chi connectivity index (χ1n) is 9.75. The van der Waals surface area contributed by atoms with Crippen molar-refractivity contribution in [2.75, 3.05) is 11.5 Å². The van der Waals surface area contributed by atoms with E-state index in [0.29, 0.717) is 23.1 Å². The molecule has 0 N–H and O–H groups in total. The first-order valence-corrected chi connectivity index (χ1v) is 10.6. The Kier molecular flexibility index (Phi) is 7.19. The van der Waals surface area contributed by atoms with E-state index in [1.54, 1.807) is 36.1 Å². The molecule has 1 heterocycles. The van der Waals surface area contributed by atoms with Crippen molar-refractivity contribution < 1.29 is 19.1 Å². The maximum absolute atomic E-state index is 12.2. The zero-order valence-electron chi connectivity index (χ0n) is 17.3. The maximum Gasteiger partial charge on any atom is 0.338 e. The molecule has 0 aliphatic rings. The fraction of sp³-hybridized carbons (Fsp3) is 0.261. The van der Waals surface area contributed by atoms with Crippen molar-refractivity contribution in [3.05, 3.63) is 70.7 Å². The van der Waals surface area contributed by atoms with Crippen LogP contribution in [0.15, 0.2) is 53.9 Å². The summed E-state index contributed by atoms with van der Waals surface area (Å²) in [6.07, 6.45) is 0.944. The number of carbonyl (C=O) groups excluding carboxylic acids is 2. The van der Waals surface area contributed by atoms with Crippen LogP contribution >= 0.6 is 11.3 Å². The third-order valence-electron chi connectivity index (χ3n) is 4.40. The minimum absolute atomic E-state index is 0.101. The van der Waals surface area contributed by atoms with Crippen molar-refractivity contribution in [1.82, 2.24) is 4.98 Å². The van der Waals surface area contributed by atoms with Crippen molar-refractivity contribution in [3.8, 4) is 5.75 Å². The Morgan fingerprint density at radius 3 is 2.33 bits per heavy atom. The van der Waals surface area contributed by atoms with Gasteiger partial charge in [-0.1, -0.05) is 19.1 Å². The number of carbonyl (C=O) groups is 2. The number of benzene rings is 2. The molecule has 0 saturated carbocycles. The molecule has 3 aromatic rings. The second-order valence-electron chi connectivity index (χ2n) is 6.53. The summed E-state index contributed by atoms with van der Waals surface area (Å²) in [5.41, 5.74) is 3.20. The Hall–Kier alpha value is -3.19. The normalized spacial score (nSPS) is 10.5. The maximum atomic E-state index is 12.2. The van der Waals surface area contributed by atoms with Gasteiger partial charge in [0.2, 0.25) is 5.91 Å². The van der Waals surface area contributed by atoms with Gasteiger partial charge in [-0.05, 0) is 55.3 Å². The number of aromatic nitrogens is 1. The van der Waals surface area contributed by atoms with Crippen LogP contribution in [0.2, 0.25) is 0 Å². The molecule has 1 aromatic heterocycles. The van der Waals surface area contributed by atoms with Gasteiger partial charge in [-0.15, -0.1) is 11.3 Å². The number of hydrogen-bond acceptors (Lipinski definition) is 6. The zero-order valence-corrected chi connectivity index (χ0v) is 18.1. The minimum atomic E-state index is -0.357. The average molecular weight is 425 g/mol. The quantitative estimate of drug-likeness (QED) is 0.468. The molecule has 7 heteroatoms. The molecule has 1 amide bonds. The topological polar surface area (TPSA) is 68.7 Å². The van der Waals surface area contributed by atoms with Crippen molar-refractivity contribution in [1.29, 1.82) is 0 Å². The summed E-state index contributed by atoms with van der Waals surface area (Å²) in [5, 5.41) is 2.47. The lowest BCUT2D eigenvalue weighted by Gasteiger charge is -2.18. The summed E-state index contributed by atoms with van der Waals surface area (Å²) in [4.78, 5) is 30.1. The lowest BCUT2D eigenvalue weighted by Crippen LogP contribution is -2.22. The van der Waals surface area contributed by atoms with Crippen LogP contribution in [-0.4, -0.2) is 23.5 Å². The second-order valence-corrected chi connectivity index (χ2v) is 7.37. The van der Waals surface area contributed by atoms with E-state index >= 15 is 0 Å². The van der Waals surface area contributed by atoms with E-state index < -0.39 is 0 Å². The zero-order chi connectivity index (χ0) is 21.5. The van der Waals surface area contributed by atoms with Gasteiger partial charge in [0.05, 0.1) is 23.6 Å². The Balaban J connectivity index is 1.67. The van der Waals surface area contributed by atoms with Gasteiger partial charge in [-0.3, -0.25) is 9.69 Å². The van der Waals surface area contributed by atoms with E-state index in [1.807, 2.05) is 29.6 Å². The molecule has 0 bridgehead atoms. The van der Waals surface area contributed by atoms with E-state index in [4.69, 9.17) is 9.47 Å². The van der Waals surface area contributed by atoms with Gasteiger partial charge in [0.1, 0.15) is 12.4 Å². The molecule has 2 aromatic carbocycles. The molecule has 0 unspecified atom stereocenters. The third-order valence-corrected chi connectivity index (χ3v) is 5.28. The molecule has 0 aliphatic carbocycles. The number of nitrogens with zero attached hydrogens (tertiary/aromatic N) is 2. The van der Waals surface area contributed by atoms with Crippen molar-refractivity contribution in [2.45, 2.75) is 33.8 Å². The number of rotatable bonds is 8. The Morgan fingerprint density at radius 2 is 1.73 bits per heavy atom. The highest BCUT2D eigenvalue weighted by Crippen LogP contribution is 2.29. The lowest BCUT2D eigenvalue weighted by molar-refractivity contribution is -0.115. The molecule has 0 atom stereocenters. The van der Waals surface area contributed by atoms with Crippen LogP contribution in [0.1, 0.15) is 42.4 Å². The fourth-order valence-electron chi connectivity index (χ4n) is 2.83. The summed E-state index contributed by atoms with van der Waals surface area (Å²) in [6.45, 7) is 5.98. The predicted molar refractivity (Wildman–Crippen MR) is 117 cm³/mol. The van der Waals surface area contributed by atoms with Crippen LogP contribution in [0.4, 0.5) is 10.8 Å². The van der Waals surface area contributed by atoms with Gasteiger partial charge in [0, 0.05) is 12.3 Å². The summed E-state index contributed by atoms with van der Waals surface area (Å²) in [6, 6.07) is 14.7. The lowest BCUT2D eigenvalue weighted by atomic mass is 10.1. The van der Waals surface area contributed by atoms with Crippen LogP contribution < -0.4 is 9.64 Å². The molecule has 156 valence electrons. The first-order chi connectivity index (χ1) is 14.5. The molecular weight excluding hydrogens is 400 g/mol. The standard InChI is InChI=1S/C23H24N2O4S/c1-4-17-6-10-20(11-7-17)25(16(3)26)23-24-19(15-30-23)14-29-21-12-8-18(9-13-21)22(27)28-5-2/h6-13,15H,4-5,14H2,1-3H3. The van der Waals surface area contributed by atoms with Crippen molar-refractivity contribution >= 4 is 34.0 Å². The monoisotopic (exact) mass is 424 g/mol. The summed E-state index contributed by atoms with van der Waals surface area (Å²) >= 11 is 1.39. The van der Waals surface area contributed by atoms with Crippen LogP contribution in [-0.2, 0) is 22.6 Å². The van der Waals surface area contributed by atoms with E-state index in [0.717, 1.165) is 17.8 Å². The van der Waals surface area contributed by atoms with Gasteiger partial charge >= 0.3 is 5.97 Å². The first kappa shape index (κ1) is 21.5. The number of anilines is 2. The van der Waals surface area contributed by atoms with E-state index in [1.165, 1.54) is 23.8 Å². The van der Waals surface area contributed by atoms with Gasteiger partial charge in [-0.25, -0.2) is 9.78 Å². The molecule has 0 spiro atoms. The second kappa shape index (κ2) is 10.0. The number of hydrogen-bond donors (Lipinski definition) is 0. The number of ether oxygens (including phenoxy) is 2. The van der Waals surface area contributed by atoms with Crippen LogP contribution in [0.3, 0.4) is 0 Å². The Morgan fingerprint density at radius 1 is 1.03 bits per heavy atom. The molecule has 0 saturated heterocycles. The number of esters is 1. The number of aryl methyl sites for hydroxylation is 1. The van der Waals surface area contributed by atoms with Gasteiger partial charge in [0.25, 0.3) is 0 Å². The van der Waals surface area contributed by atoms with E-state index in [-0.39, 0.29) is 18.5 Å². The molecule has 3 rings (SSSR count). The van der Waals surface area contributed by atoms with Crippen molar-refractivity contribution in [2.24, 2.45) is 0 Å².